The van der Waals surface area contributed by atoms with E-state index in [1.807, 2.05) is 18.2 Å². The first-order chi connectivity index (χ1) is 8.19. The van der Waals surface area contributed by atoms with Crippen LogP contribution < -0.4 is 5.32 Å². The molecule has 0 bridgehead atoms. The quantitative estimate of drug-likeness (QED) is 0.425. The molecule has 0 spiro atoms. The molecule has 1 aromatic carbocycles. The fourth-order valence-electron chi connectivity index (χ4n) is 1.66. The van der Waals surface area contributed by atoms with Crippen molar-refractivity contribution in [2.45, 2.75) is 18.8 Å². The highest BCUT2D eigenvalue weighted by Gasteiger charge is 2.25. The fourth-order valence-corrected chi connectivity index (χ4v) is 1.66. The Hall–Kier alpha value is -1.14. The maximum absolute atomic E-state index is 9.90. The Kier molecular flexibility index (Phi) is 5.93. The Morgan fingerprint density at radius 2 is 1.71 bits per heavy atom. The molecule has 96 valence electrons. The molecule has 0 radical (unpaired) electrons. The van der Waals surface area contributed by atoms with Crippen molar-refractivity contribution in [1.29, 1.82) is 0 Å². The summed E-state index contributed by atoms with van der Waals surface area (Å²) < 4.78 is 0. The van der Waals surface area contributed by atoms with E-state index in [9.17, 15) is 10.2 Å². The van der Waals surface area contributed by atoms with Crippen LogP contribution in [0.15, 0.2) is 30.3 Å². The molecule has 0 aliphatic heterocycles. The van der Waals surface area contributed by atoms with Crippen LogP contribution in [0.5, 0.6) is 0 Å². The minimum Gasteiger partial charge on any atom is -0.396 e. The van der Waals surface area contributed by atoms with Crippen LogP contribution in [0.3, 0.4) is 0 Å². The zero-order chi connectivity index (χ0) is 12.7. The monoisotopic (exact) mass is 241 g/mol. The van der Waals surface area contributed by atoms with Crippen LogP contribution in [0, 0.1) is 5.92 Å². The highest BCUT2D eigenvalue weighted by molar-refractivity contribution is 5.42. The number of nitrogens with one attached hydrogen (secondary N) is 1. The predicted octanol–water partition coefficient (Wildman–Crippen LogP) is -0.231. The van der Waals surface area contributed by atoms with Crippen LogP contribution in [0.4, 0.5) is 5.69 Å². The normalized spacial score (nSPS) is 16.2. The van der Waals surface area contributed by atoms with E-state index in [4.69, 9.17) is 10.2 Å². The van der Waals surface area contributed by atoms with Crippen molar-refractivity contribution >= 4 is 5.69 Å². The van der Waals surface area contributed by atoms with Crippen molar-refractivity contribution in [3.05, 3.63) is 30.3 Å². The molecular formula is C12H19NO4. The Morgan fingerprint density at radius 1 is 1.06 bits per heavy atom. The molecule has 5 heteroatoms. The number of rotatable bonds is 7. The Bertz CT molecular complexity index is 307. The molecule has 1 aromatic rings. The van der Waals surface area contributed by atoms with Crippen LogP contribution in [0.2, 0.25) is 0 Å². The molecule has 0 saturated heterocycles. The zero-order valence-electron chi connectivity index (χ0n) is 9.53. The van der Waals surface area contributed by atoms with Gasteiger partial charge < -0.3 is 25.7 Å². The maximum atomic E-state index is 9.90. The van der Waals surface area contributed by atoms with E-state index in [1.54, 1.807) is 12.1 Å². The third kappa shape index (κ3) is 4.32. The summed E-state index contributed by atoms with van der Waals surface area (Å²) in [6.45, 7) is -0.604. The van der Waals surface area contributed by atoms with Gasteiger partial charge in [-0.1, -0.05) is 18.2 Å². The molecule has 0 aliphatic carbocycles. The fraction of sp³-hybridized carbons (Fsp3) is 0.500. The molecule has 3 atom stereocenters. The number of para-hydroxylation sites is 1. The van der Waals surface area contributed by atoms with E-state index in [2.05, 4.69) is 5.32 Å². The third-order valence-corrected chi connectivity index (χ3v) is 2.64. The van der Waals surface area contributed by atoms with Crippen LogP contribution in [0.1, 0.15) is 6.42 Å². The Morgan fingerprint density at radius 3 is 2.24 bits per heavy atom. The van der Waals surface area contributed by atoms with Gasteiger partial charge in [0.2, 0.25) is 0 Å². The van der Waals surface area contributed by atoms with Crippen LogP contribution in [-0.2, 0) is 0 Å². The van der Waals surface area contributed by atoms with Gasteiger partial charge in [0.25, 0.3) is 0 Å². The lowest BCUT2D eigenvalue weighted by Gasteiger charge is -2.27. The summed E-state index contributed by atoms with van der Waals surface area (Å²) in [7, 11) is 0. The van der Waals surface area contributed by atoms with Gasteiger partial charge in [0.15, 0.2) is 0 Å². The molecule has 0 saturated carbocycles. The van der Waals surface area contributed by atoms with Crippen molar-refractivity contribution in [2.75, 3.05) is 18.5 Å². The van der Waals surface area contributed by atoms with Gasteiger partial charge in [-0.25, -0.2) is 0 Å². The van der Waals surface area contributed by atoms with Crippen molar-refractivity contribution < 1.29 is 20.4 Å². The lowest BCUT2D eigenvalue weighted by Crippen LogP contribution is -2.39. The third-order valence-electron chi connectivity index (χ3n) is 2.64. The first kappa shape index (κ1) is 13.9. The van der Waals surface area contributed by atoms with Crippen molar-refractivity contribution in [3.8, 4) is 0 Å². The summed E-state index contributed by atoms with van der Waals surface area (Å²) in [5.74, 6) is -0.620. The summed E-state index contributed by atoms with van der Waals surface area (Å²) >= 11 is 0. The smallest absolute Gasteiger partial charge is 0.129 e. The number of anilines is 1. The molecule has 1 rings (SSSR count). The van der Waals surface area contributed by atoms with Gasteiger partial charge in [0, 0.05) is 18.2 Å². The van der Waals surface area contributed by atoms with Gasteiger partial charge in [0.05, 0.1) is 12.7 Å². The van der Waals surface area contributed by atoms with E-state index in [0.29, 0.717) is 5.69 Å². The van der Waals surface area contributed by atoms with E-state index in [-0.39, 0.29) is 13.0 Å². The number of benzene rings is 1. The van der Waals surface area contributed by atoms with Gasteiger partial charge >= 0.3 is 0 Å². The molecule has 0 aromatic heterocycles. The Balaban J connectivity index is 2.61. The predicted molar refractivity (Wildman–Crippen MR) is 64.4 cm³/mol. The molecule has 0 amide bonds. The van der Waals surface area contributed by atoms with Gasteiger partial charge in [-0.3, -0.25) is 0 Å². The second-order valence-corrected chi connectivity index (χ2v) is 3.88. The lowest BCUT2D eigenvalue weighted by molar-refractivity contribution is -0.0157. The van der Waals surface area contributed by atoms with Gasteiger partial charge in [-0.05, 0) is 18.6 Å². The zero-order valence-corrected chi connectivity index (χ0v) is 9.53. The van der Waals surface area contributed by atoms with E-state index in [0.717, 1.165) is 0 Å². The topological polar surface area (TPSA) is 93.0 Å². The molecule has 5 N–H and O–H groups in total. The van der Waals surface area contributed by atoms with E-state index >= 15 is 0 Å². The summed E-state index contributed by atoms with van der Waals surface area (Å²) in [6.07, 6.45) is -1.87. The molecule has 5 nitrogen and oxygen atoms in total. The molecular weight excluding hydrogens is 222 g/mol. The first-order valence-electron chi connectivity index (χ1n) is 5.58. The summed E-state index contributed by atoms with van der Waals surface area (Å²) in [4.78, 5) is 0. The summed E-state index contributed by atoms with van der Waals surface area (Å²) in [5.41, 5.74) is 0.716. The molecule has 17 heavy (non-hydrogen) atoms. The van der Waals surface area contributed by atoms with Crippen molar-refractivity contribution in [2.24, 2.45) is 5.92 Å². The largest absolute Gasteiger partial charge is 0.396 e. The Labute approximate surface area is 100 Å². The molecule has 1 unspecified atom stereocenters. The number of hydrogen-bond acceptors (Lipinski definition) is 5. The highest BCUT2D eigenvalue weighted by atomic mass is 16.3. The maximum Gasteiger partial charge on any atom is 0.129 e. The molecule has 0 heterocycles. The van der Waals surface area contributed by atoms with Crippen molar-refractivity contribution in [1.82, 2.24) is 0 Å². The van der Waals surface area contributed by atoms with Crippen LogP contribution in [-0.4, -0.2) is 46.0 Å². The first-order valence-corrected chi connectivity index (χ1v) is 5.58. The second-order valence-electron chi connectivity index (χ2n) is 3.88. The average molecular weight is 241 g/mol. The van der Waals surface area contributed by atoms with Gasteiger partial charge in [-0.15, -0.1) is 0 Å². The lowest BCUT2D eigenvalue weighted by atomic mass is 9.97. The van der Waals surface area contributed by atoms with Gasteiger partial charge in [-0.2, -0.15) is 0 Å². The molecule has 0 aliphatic rings. The second kappa shape index (κ2) is 7.24. The van der Waals surface area contributed by atoms with Crippen LogP contribution >= 0.6 is 0 Å². The summed E-state index contributed by atoms with van der Waals surface area (Å²) in [6, 6.07) is 9.05. The summed E-state index contributed by atoms with van der Waals surface area (Å²) in [5, 5.41) is 40.0. The minimum absolute atomic E-state index is 0.157. The average Bonchev–Trinajstić information content (AvgIpc) is 2.36. The standard InChI is InChI=1S/C12H19NO4/c14-7-6-10(11(16)8-15)12(17)13-9-4-2-1-3-5-9/h1-5,10-17H,6-8H2/t10-,11-,12?/m0/s1. The van der Waals surface area contributed by atoms with Crippen molar-refractivity contribution in [3.63, 3.8) is 0 Å². The van der Waals surface area contributed by atoms with E-state index in [1.165, 1.54) is 0 Å². The van der Waals surface area contributed by atoms with E-state index < -0.39 is 24.9 Å². The van der Waals surface area contributed by atoms with Gasteiger partial charge in [0.1, 0.15) is 6.23 Å². The number of hydrogen-bond donors (Lipinski definition) is 5. The molecule has 0 fully saturated rings. The minimum atomic E-state index is -1.06. The highest BCUT2D eigenvalue weighted by Crippen LogP contribution is 2.17. The SMILES string of the molecule is OCC[C@H](C(O)Nc1ccccc1)[C@@H](O)CO. The van der Waals surface area contributed by atoms with Crippen LogP contribution in [0.25, 0.3) is 0 Å². The number of aliphatic hydroxyl groups is 4. The number of aliphatic hydroxyl groups excluding tert-OH is 4.